The van der Waals surface area contributed by atoms with Crippen molar-refractivity contribution in [2.24, 2.45) is 0 Å². The number of aromatic nitrogens is 1. The lowest BCUT2D eigenvalue weighted by molar-refractivity contribution is 0.0987. The fourth-order valence-corrected chi connectivity index (χ4v) is 2.27. The van der Waals surface area contributed by atoms with Crippen molar-refractivity contribution in [2.75, 3.05) is 23.8 Å². The summed E-state index contributed by atoms with van der Waals surface area (Å²) < 4.78 is 5.65. The average Bonchev–Trinajstić information content (AvgIpc) is 2.69. The molecule has 1 amide bonds. The van der Waals surface area contributed by atoms with Crippen LogP contribution in [-0.4, -0.2) is 24.0 Å². The topological polar surface area (TPSA) is 68.5 Å². The maximum atomic E-state index is 12.7. The van der Waals surface area contributed by atoms with Crippen LogP contribution in [-0.2, 0) is 0 Å². The van der Waals surface area contributed by atoms with Gasteiger partial charge in [0.25, 0.3) is 5.91 Å². The smallest absolute Gasteiger partial charge is 0.262 e. The number of amides is 1. The number of ether oxygens (including phenoxy) is 1. The summed E-state index contributed by atoms with van der Waals surface area (Å²) in [4.78, 5) is 18.4. The van der Waals surface area contributed by atoms with Crippen LogP contribution in [0.1, 0.15) is 16.8 Å². The van der Waals surface area contributed by atoms with Gasteiger partial charge in [0.05, 0.1) is 17.9 Å². The van der Waals surface area contributed by atoms with Gasteiger partial charge in [-0.2, -0.15) is 0 Å². The van der Waals surface area contributed by atoms with E-state index >= 15 is 0 Å². The van der Waals surface area contributed by atoms with Crippen molar-refractivity contribution in [3.8, 4) is 5.75 Å². The number of fused-ring (bicyclic) bond motifs is 1. The summed E-state index contributed by atoms with van der Waals surface area (Å²) in [5.41, 5.74) is 7.50. The van der Waals surface area contributed by atoms with Crippen molar-refractivity contribution in [3.05, 3.63) is 48.3 Å². The molecule has 5 heteroatoms. The number of carbonyl (C=O) groups is 1. The van der Waals surface area contributed by atoms with Crippen molar-refractivity contribution < 1.29 is 9.53 Å². The summed E-state index contributed by atoms with van der Waals surface area (Å²) in [5.74, 6) is 0.578. The highest BCUT2D eigenvalue weighted by Crippen LogP contribution is 2.31. The number of para-hydroxylation sites is 2. The molecule has 1 aromatic carbocycles. The normalized spacial score (nSPS) is 14.1. The number of anilines is 2. The van der Waals surface area contributed by atoms with Crippen molar-refractivity contribution in [3.63, 3.8) is 0 Å². The molecule has 1 aliphatic heterocycles. The molecule has 0 fully saturated rings. The fourth-order valence-electron chi connectivity index (χ4n) is 2.27. The lowest BCUT2D eigenvalue weighted by Gasteiger charge is -2.22. The van der Waals surface area contributed by atoms with Gasteiger partial charge in [-0.15, -0.1) is 0 Å². The first-order valence-electron chi connectivity index (χ1n) is 6.50. The molecule has 20 heavy (non-hydrogen) atoms. The number of nitrogens with two attached hydrogens (primary N) is 1. The molecule has 2 aromatic rings. The number of nitrogens with zero attached hydrogens (tertiary/aromatic N) is 2. The number of pyridine rings is 1. The van der Waals surface area contributed by atoms with E-state index in [9.17, 15) is 4.79 Å². The Morgan fingerprint density at radius 1 is 1.30 bits per heavy atom. The van der Waals surface area contributed by atoms with Gasteiger partial charge in [0.15, 0.2) is 0 Å². The van der Waals surface area contributed by atoms with Crippen LogP contribution in [0.5, 0.6) is 5.75 Å². The van der Waals surface area contributed by atoms with E-state index in [0.29, 0.717) is 24.4 Å². The molecule has 0 saturated heterocycles. The van der Waals surface area contributed by atoms with Crippen molar-refractivity contribution in [1.29, 1.82) is 0 Å². The highest BCUT2D eigenvalue weighted by Gasteiger charge is 2.24. The molecule has 3 rings (SSSR count). The summed E-state index contributed by atoms with van der Waals surface area (Å²) in [6, 6.07) is 9.16. The molecule has 0 bridgehead atoms. The third-order valence-electron chi connectivity index (χ3n) is 3.27. The zero-order valence-corrected chi connectivity index (χ0v) is 11.0. The molecule has 0 saturated carbocycles. The molecular formula is C15H15N3O2. The Bertz CT molecular complexity index is 643. The third-order valence-corrected chi connectivity index (χ3v) is 3.27. The van der Waals surface area contributed by atoms with Crippen LogP contribution in [0.3, 0.4) is 0 Å². The highest BCUT2D eigenvalue weighted by molar-refractivity contribution is 6.09. The average molecular weight is 269 g/mol. The summed E-state index contributed by atoms with van der Waals surface area (Å²) >= 11 is 0. The molecule has 2 N–H and O–H groups in total. The quantitative estimate of drug-likeness (QED) is 0.860. The van der Waals surface area contributed by atoms with E-state index in [-0.39, 0.29) is 5.91 Å². The molecule has 102 valence electrons. The number of nitrogen functional groups attached to an aromatic ring is 1. The minimum absolute atomic E-state index is 0.145. The van der Waals surface area contributed by atoms with Crippen LogP contribution in [0.25, 0.3) is 0 Å². The zero-order chi connectivity index (χ0) is 13.9. The summed E-state index contributed by atoms with van der Waals surface area (Å²) in [6.07, 6.45) is 3.86. The number of hydrogen-bond acceptors (Lipinski definition) is 4. The van der Waals surface area contributed by atoms with Crippen LogP contribution in [0.2, 0.25) is 0 Å². The standard InChI is InChI=1S/C15H15N3O2/c16-12-6-7-17-10-11(12)15(19)18-8-3-9-20-14-5-2-1-4-13(14)18/h1-2,4-7,10H,3,8-9H2,(H2,16,17). The number of carbonyl (C=O) groups excluding carboxylic acids is 1. The van der Waals surface area contributed by atoms with E-state index in [0.717, 1.165) is 17.9 Å². The SMILES string of the molecule is Nc1ccncc1C(=O)N1CCCOc2ccccc21. The van der Waals surface area contributed by atoms with E-state index in [1.165, 1.54) is 6.20 Å². The first-order valence-corrected chi connectivity index (χ1v) is 6.50. The van der Waals surface area contributed by atoms with E-state index in [1.54, 1.807) is 17.2 Å². The van der Waals surface area contributed by atoms with Gasteiger partial charge < -0.3 is 15.4 Å². The van der Waals surface area contributed by atoms with E-state index < -0.39 is 0 Å². The van der Waals surface area contributed by atoms with Crippen molar-refractivity contribution >= 4 is 17.3 Å². The first kappa shape index (κ1) is 12.5. The molecule has 2 heterocycles. The Morgan fingerprint density at radius 2 is 2.15 bits per heavy atom. The summed E-state index contributed by atoms with van der Waals surface area (Å²) in [7, 11) is 0. The second kappa shape index (κ2) is 5.21. The van der Waals surface area contributed by atoms with Gasteiger partial charge in [0.1, 0.15) is 5.75 Å². The lowest BCUT2D eigenvalue weighted by Crippen LogP contribution is -2.32. The summed E-state index contributed by atoms with van der Waals surface area (Å²) in [5, 5.41) is 0. The Balaban J connectivity index is 2.02. The van der Waals surface area contributed by atoms with Gasteiger partial charge in [0.2, 0.25) is 0 Å². The number of benzene rings is 1. The molecule has 0 aliphatic carbocycles. The highest BCUT2D eigenvalue weighted by atomic mass is 16.5. The van der Waals surface area contributed by atoms with Gasteiger partial charge >= 0.3 is 0 Å². The third kappa shape index (κ3) is 2.18. The molecule has 0 atom stereocenters. The Morgan fingerprint density at radius 3 is 3.00 bits per heavy atom. The minimum atomic E-state index is -0.145. The minimum Gasteiger partial charge on any atom is -0.491 e. The fraction of sp³-hybridized carbons (Fsp3) is 0.200. The Hall–Kier alpha value is -2.56. The second-order valence-corrected chi connectivity index (χ2v) is 4.59. The van der Waals surface area contributed by atoms with E-state index in [2.05, 4.69) is 4.98 Å². The number of hydrogen-bond donors (Lipinski definition) is 1. The molecule has 1 aliphatic rings. The summed E-state index contributed by atoms with van der Waals surface area (Å²) in [6.45, 7) is 1.20. The molecule has 1 aromatic heterocycles. The second-order valence-electron chi connectivity index (χ2n) is 4.59. The van der Waals surface area contributed by atoms with Gasteiger partial charge in [-0.25, -0.2) is 0 Å². The van der Waals surface area contributed by atoms with E-state index in [1.807, 2.05) is 24.3 Å². The molecule has 0 spiro atoms. The van der Waals surface area contributed by atoms with Gasteiger partial charge in [-0.05, 0) is 24.6 Å². The van der Waals surface area contributed by atoms with Gasteiger partial charge in [0, 0.05) is 24.6 Å². The van der Waals surface area contributed by atoms with Gasteiger partial charge in [-0.3, -0.25) is 9.78 Å². The van der Waals surface area contributed by atoms with Gasteiger partial charge in [-0.1, -0.05) is 12.1 Å². The molecule has 0 unspecified atom stereocenters. The zero-order valence-electron chi connectivity index (χ0n) is 11.0. The predicted octanol–water partition coefficient (Wildman–Crippen LogP) is 2.09. The van der Waals surface area contributed by atoms with Crippen LogP contribution in [0.4, 0.5) is 11.4 Å². The Labute approximate surface area is 117 Å². The van der Waals surface area contributed by atoms with Crippen LogP contribution in [0, 0.1) is 0 Å². The first-order chi connectivity index (χ1) is 9.77. The molecule has 5 nitrogen and oxygen atoms in total. The van der Waals surface area contributed by atoms with Crippen molar-refractivity contribution in [1.82, 2.24) is 4.98 Å². The monoisotopic (exact) mass is 269 g/mol. The molecule has 0 radical (unpaired) electrons. The van der Waals surface area contributed by atoms with Crippen LogP contribution < -0.4 is 15.4 Å². The lowest BCUT2D eigenvalue weighted by atomic mass is 10.2. The van der Waals surface area contributed by atoms with Crippen LogP contribution >= 0.6 is 0 Å². The predicted molar refractivity (Wildman–Crippen MR) is 76.9 cm³/mol. The largest absolute Gasteiger partial charge is 0.491 e. The van der Waals surface area contributed by atoms with Crippen molar-refractivity contribution in [2.45, 2.75) is 6.42 Å². The maximum Gasteiger partial charge on any atom is 0.262 e. The maximum absolute atomic E-state index is 12.7. The van der Waals surface area contributed by atoms with Crippen LogP contribution in [0.15, 0.2) is 42.7 Å². The Kier molecular flexibility index (Phi) is 3.25. The number of rotatable bonds is 1. The van der Waals surface area contributed by atoms with E-state index in [4.69, 9.17) is 10.5 Å². The molecular weight excluding hydrogens is 254 g/mol.